The van der Waals surface area contributed by atoms with Gasteiger partial charge in [0.1, 0.15) is 5.52 Å². The molecule has 5 heterocycles. The molecule has 2 saturated heterocycles. The van der Waals surface area contributed by atoms with Gasteiger partial charge in [-0.05, 0) is 54.2 Å². The average molecular weight is 448 g/mol. The molecule has 172 valence electrons. The van der Waals surface area contributed by atoms with Crippen LogP contribution < -0.4 is 5.32 Å². The Balaban J connectivity index is 1.39. The maximum Gasteiger partial charge on any atom is 0.228 e. The van der Waals surface area contributed by atoms with E-state index in [9.17, 15) is 4.79 Å². The number of hydrogen-bond acceptors (Lipinski definition) is 6. The molecule has 0 bridgehead atoms. The number of aryl methyl sites for hydroxylation is 1. The van der Waals surface area contributed by atoms with Crippen molar-refractivity contribution in [3.63, 3.8) is 0 Å². The van der Waals surface area contributed by atoms with E-state index in [0.29, 0.717) is 26.4 Å². The summed E-state index contributed by atoms with van der Waals surface area (Å²) in [6.07, 6.45) is 5.44. The van der Waals surface area contributed by atoms with Crippen molar-refractivity contribution < 1.29 is 14.3 Å². The summed E-state index contributed by atoms with van der Waals surface area (Å²) in [6, 6.07) is 4.55. The van der Waals surface area contributed by atoms with E-state index in [2.05, 4.69) is 27.4 Å². The fourth-order valence-electron chi connectivity index (χ4n) is 5.25. The van der Waals surface area contributed by atoms with Crippen LogP contribution >= 0.6 is 0 Å². The summed E-state index contributed by atoms with van der Waals surface area (Å²) in [5, 5.41) is 3.61. The Kier molecular flexibility index (Phi) is 5.36. The number of fused-ring (bicyclic) bond motifs is 2. The van der Waals surface area contributed by atoms with Gasteiger partial charge in [0.15, 0.2) is 5.65 Å². The summed E-state index contributed by atoms with van der Waals surface area (Å²) in [5.74, 6) is 0.220. The topological polar surface area (TPSA) is 92.4 Å². The Morgan fingerprint density at radius 3 is 2.94 bits per heavy atom. The zero-order chi connectivity index (χ0) is 22.4. The molecule has 3 aliphatic rings. The molecule has 0 radical (unpaired) electrons. The summed E-state index contributed by atoms with van der Waals surface area (Å²) in [7, 11) is 0. The number of nitrogens with zero attached hydrogens (tertiary/aromatic N) is 3. The number of morpholine rings is 1. The fourth-order valence-corrected chi connectivity index (χ4v) is 5.25. The molecule has 1 aromatic carbocycles. The van der Waals surface area contributed by atoms with E-state index in [4.69, 9.17) is 14.5 Å². The quantitative estimate of drug-likeness (QED) is 0.641. The number of aromatic nitrogens is 3. The minimum atomic E-state index is -0.00277. The molecule has 6 rings (SSSR count). The first kappa shape index (κ1) is 20.8. The second-order valence-electron chi connectivity index (χ2n) is 9.28. The minimum Gasteiger partial charge on any atom is -0.381 e. The highest BCUT2D eigenvalue weighted by atomic mass is 16.5. The van der Waals surface area contributed by atoms with Crippen LogP contribution in [0.5, 0.6) is 0 Å². The van der Waals surface area contributed by atoms with Gasteiger partial charge in [0.25, 0.3) is 0 Å². The van der Waals surface area contributed by atoms with Crippen LogP contribution in [0.3, 0.4) is 0 Å². The molecular weight excluding hydrogens is 418 g/mol. The van der Waals surface area contributed by atoms with Crippen molar-refractivity contribution in [2.75, 3.05) is 39.5 Å². The maximum atomic E-state index is 13.1. The smallest absolute Gasteiger partial charge is 0.228 e. The van der Waals surface area contributed by atoms with Gasteiger partial charge >= 0.3 is 0 Å². The molecule has 2 fully saturated rings. The number of carbonyl (C=O) groups excluding carboxylic acids is 1. The summed E-state index contributed by atoms with van der Waals surface area (Å²) < 4.78 is 11.3. The number of ether oxygens (including phenoxy) is 2. The molecule has 33 heavy (non-hydrogen) atoms. The van der Waals surface area contributed by atoms with Crippen LogP contribution in [0, 0.1) is 12.8 Å². The number of H-pyrrole nitrogens is 1. The molecule has 8 heteroatoms. The van der Waals surface area contributed by atoms with Crippen molar-refractivity contribution >= 4 is 17.1 Å². The Morgan fingerprint density at radius 2 is 2.12 bits per heavy atom. The van der Waals surface area contributed by atoms with Crippen LogP contribution in [0.25, 0.3) is 22.4 Å². The van der Waals surface area contributed by atoms with Gasteiger partial charge in [-0.2, -0.15) is 0 Å². The Morgan fingerprint density at radius 1 is 1.21 bits per heavy atom. The monoisotopic (exact) mass is 447 g/mol. The highest BCUT2D eigenvalue weighted by Crippen LogP contribution is 2.34. The van der Waals surface area contributed by atoms with Gasteiger partial charge in [-0.3, -0.25) is 4.79 Å². The van der Waals surface area contributed by atoms with E-state index in [1.54, 1.807) is 0 Å². The van der Waals surface area contributed by atoms with Crippen LogP contribution in [0.4, 0.5) is 0 Å². The van der Waals surface area contributed by atoms with Gasteiger partial charge in [-0.15, -0.1) is 0 Å². The lowest BCUT2D eigenvalue weighted by Gasteiger charge is -2.35. The molecule has 3 aliphatic heterocycles. The van der Waals surface area contributed by atoms with E-state index >= 15 is 0 Å². The van der Waals surface area contributed by atoms with E-state index in [0.717, 1.165) is 60.5 Å². The Labute approximate surface area is 192 Å². The molecule has 3 aromatic rings. The number of carbonyl (C=O) groups is 1. The summed E-state index contributed by atoms with van der Waals surface area (Å²) in [4.78, 5) is 27.8. The molecule has 1 amide bonds. The van der Waals surface area contributed by atoms with E-state index in [1.165, 1.54) is 16.7 Å². The van der Waals surface area contributed by atoms with Crippen molar-refractivity contribution in [1.82, 2.24) is 25.2 Å². The third-order valence-electron chi connectivity index (χ3n) is 7.13. The van der Waals surface area contributed by atoms with Crippen molar-refractivity contribution in [1.29, 1.82) is 0 Å². The molecular formula is C25H29N5O3. The van der Waals surface area contributed by atoms with E-state index in [1.807, 2.05) is 24.2 Å². The molecule has 8 nitrogen and oxygen atoms in total. The number of benzene rings is 1. The first-order valence-corrected chi connectivity index (χ1v) is 11.8. The van der Waals surface area contributed by atoms with Crippen LogP contribution in [-0.2, 0) is 27.2 Å². The largest absolute Gasteiger partial charge is 0.381 e. The zero-order valence-corrected chi connectivity index (χ0v) is 18.9. The third-order valence-corrected chi connectivity index (χ3v) is 7.13. The van der Waals surface area contributed by atoms with Crippen LogP contribution in [-0.4, -0.2) is 65.3 Å². The highest BCUT2D eigenvalue weighted by Gasteiger charge is 2.32. The van der Waals surface area contributed by atoms with Gasteiger partial charge in [0.2, 0.25) is 5.91 Å². The predicted molar refractivity (Wildman–Crippen MR) is 124 cm³/mol. The van der Waals surface area contributed by atoms with Crippen LogP contribution in [0.15, 0.2) is 24.5 Å². The second kappa shape index (κ2) is 8.52. The lowest BCUT2D eigenvalue weighted by atomic mass is 9.87. The first-order valence-electron chi connectivity index (χ1n) is 11.8. The summed E-state index contributed by atoms with van der Waals surface area (Å²) >= 11 is 0. The first-order chi connectivity index (χ1) is 16.2. The SMILES string of the molecule is Cc1c[nH]c2ncc(-c3cc4c(c([C@@H]5COCCN5)c3)CN(C(=O)[C@H]3CCOC3)CC4)nc12. The van der Waals surface area contributed by atoms with Crippen molar-refractivity contribution in [3.05, 3.63) is 46.8 Å². The lowest BCUT2D eigenvalue weighted by Crippen LogP contribution is -2.41. The van der Waals surface area contributed by atoms with Crippen LogP contribution in [0.2, 0.25) is 0 Å². The highest BCUT2D eigenvalue weighted by molar-refractivity contribution is 5.80. The lowest BCUT2D eigenvalue weighted by molar-refractivity contribution is -0.136. The van der Waals surface area contributed by atoms with Gasteiger partial charge < -0.3 is 24.7 Å². The van der Waals surface area contributed by atoms with Gasteiger partial charge in [-0.25, -0.2) is 9.97 Å². The average Bonchev–Trinajstić information content (AvgIpc) is 3.53. The predicted octanol–water partition coefficient (Wildman–Crippen LogP) is 2.52. The van der Waals surface area contributed by atoms with Gasteiger partial charge in [-0.1, -0.05) is 0 Å². The fraction of sp³-hybridized carbons (Fsp3) is 0.480. The number of aromatic amines is 1. The third kappa shape index (κ3) is 3.82. The molecule has 2 atom stereocenters. The molecule has 0 saturated carbocycles. The Hall–Kier alpha value is -2.81. The van der Waals surface area contributed by atoms with E-state index in [-0.39, 0.29) is 17.9 Å². The number of nitrogens with one attached hydrogen (secondary N) is 2. The van der Waals surface area contributed by atoms with Crippen molar-refractivity contribution in [2.24, 2.45) is 5.92 Å². The Bertz CT molecular complexity index is 1190. The summed E-state index contributed by atoms with van der Waals surface area (Å²) in [5.41, 5.74) is 8.47. The minimum absolute atomic E-state index is 0.00277. The number of rotatable bonds is 3. The number of amides is 1. The molecule has 0 unspecified atom stereocenters. The van der Waals surface area contributed by atoms with E-state index < -0.39 is 0 Å². The normalized spacial score (nSPS) is 23.1. The molecule has 0 spiro atoms. The molecule has 2 N–H and O–H groups in total. The number of hydrogen-bond donors (Lipinski definition) is 2. The van der Waals surface area contributed by atoms with Crippen molar-refractivity contribution in [2.45, 2.75) is 32.4 Å². The summed E-state index contributed by atoms with van der Waals surface area (Å²) in [6.45, 7) is 6.82. The van der Waals surface area contributed by atoms with Gasteiger partial charge in [0, 0.05) is 38.0 Å². The van der Waals surface area contributed by atoms with Crippen molar-refractivity contribution in [3.8, 4) is 11.3 Å². The second-order valence-corrected chi connectivity index (χ2v) is 9.28. The maximum absolute atomic E-state index is 13.1. The standard InChI is InChI=1S/C25H29N5O3/c1-15-10-27-24-23(15)29-21(11-28-24)18-8-16-2-5-30(25(31)17-3-6-32-13-17)12-20(16)19(9-18)22-14-33-7-4-26-22/h8-11,17,22,26H,2-7,12-14H2,1H3,(H,27,28)/t17-,22-/m0/s1. The molecule has 0 aliphatic carbocycles. The molecule has 2 aromatic heterocycles. The van der Waals surface area contributed by atoms with Gasteiger partial charge in [0.05, 0.1) is 43.7 Å². The zero-order valence-electron chi connectivity index (χ0n) is 18.9. The van der Waals surface area contributed by atoms with Crippen LogP contribution in [0.1, 0.15) is 34.7 Å².